The van der Waals surface area contributed by atoms with Crippen LogP contribution in [0.5, 0.6) is 0 Å². The van der Waals surface area contributed by atoms with Gasteiger partial charge in [0.25, 0.3) is 0 Å². The van der Waals surface area contributed by atoms with Crippen molar-refractivity contribution in [1.29, 1.82) is 0 Å². The summed E-state index contributed by atoms with van der Waals surface area (Å²) in [6, 6.07) is 11.4. The Hall–Kier alpha value is -3.73. The highest BCUT2D eigenvalue weighted by molar-refractivity contribution is 5.96. The standard InChI is InChI=1S/C26H28FN3O4/c1-2-15-30(17-18-9-11-19(27)12-10-18)20-13-14-23(28-25(31)33-21-5-3-6-21)24(16-20)29-26(32)34-22-7-4-8-22/h1,9-14,16,21-22H,3-8,15,17H2,(H,28,31)(H,29,32). The number of carbonyl (C=O) groups is 2. The highest BCUT2D eigenvalue weighted by atomic mass is 19.1. The summed E-state index contributed by atoms with van der Waals surface area (Å²) in [7, 11) is 0. The zero-order valence-electron chi connectivity index (χ0n) is 18.9. The van der Waals surface area contributed by atoms with Crippen molar-refractivity contribution >= 4 is 29.2 Å². The number of anilines is 3. The number of benzene rings is 2. The summed E-state index contributed by atoms with van der Waals surface area (Å²) in [5.74, 6) is 2.32. The Labute approximate surface area is 198 Å². The maximum absolute atomic E-state index is 13.3. The molecule has 0 radical (unpaired) electrons. The molecule has 2 aliphatic rings. The molecule has 0 spiro atoms. The van der Waals surface area contributed by atoms with Gasteiger partial charge >= 0.3 is 12.2 Å². The van der Waals surface area contributed by atoms with Crippen LogP contribution in [-0.2, 0) is 16.0 Å². The van der Waals surface area contributed by atoms with Crippen molar-refractivity contribution in [3.8, 4) is 12.3 Å². The van der Waals surface area contributed by atoms with Crippen molar-refractivity contribution < 1.29 is 23.5 Å². The normalized spacial score (nSPS) is 15.3. The van der Waals surface area contributed by atoms with E-state index in [1.54, 1.807) is 30.3 Å². The summed E-state index contributed by atoms with van der Waals surface area (Å²) in [6.45, 7) is 0.729. The van der Waals surface area contributed by atoms with E-state index in [1.165, 1.54) is 12.1 Å². The first kappa shape index (κ1) is 23.4. The topological polar surface area (TPSA) is 79.9 Å². The minimum Gasteiger partial charge on any atom is -0.446 e. The van der Waals surface area contributed by atoms with Gasteiger partial charge in [0.1, 0.15) is 18.0 Å². The van der Waals surface area contributed by atoms with E-state index in [1.807, 2.05) is 4.90 Å². The second-order valence-electron chi connectivity index (χ2n) is 8.58. The van der Waals surface area contributed by atoms with Crippen molar-refractivity contribution in [2.45, 2.75) is 57.3 Å². The molecule has 2 fully saturated rings. The van der Waals surface area contributed by atoms with Crippen LogP contribution >= 0.6 is 0 Å². The van der Waals surface area contributed by atoms with Crippen molar-refractivity contribution in [3.63, 3.8) is 0 Å². The molecule has 178 valence electrons. The number of nitrogens with one attached hydrogen (secondary N) is 2. The largest absolute Gasteiger partial charge is 0.446 e. The van der Waals surface area contributed by atoms with E-state index in [-0.39, 0.29) is 18.0 Å². The van der Waals surface area contributed by atoms with Crippen molar-refractivity contribution in [3.05, 3.63) is 53.8 Å². The highest BCUT2D eigenvalue weighted by Crippen LogP contribution is 2.31. The van der Waals surface area contributed by atoms with E-state index in [0.717, 1.165) is 49.8 Å². The van der Waals surface area contributed by atoms with E-state index in [2.05, 4.69) is 16.6 Å². The molecule has 2 N–H and O–H groups in total. The SMILES string of the molecule is C#CCN(Cc1ccc(F)cc1)c1ccc(NC(=O)OC2CCC2)c(NC(=O)OC2CCC2)c1. The maximum atomic E-state index is 13.3. The second-order valence-corrected chi connectivity index (χ2v) is 8.58. The quantitative estimate of drug-likeness (QED) is 0.491. The van der Waals surface area contributed by atoms with Crippen LogP contribution in [-0.4, -0.2) is 30.9 Å². The molecule has 0 heterocycles. The van der Waals surface area contributed by atoms with Gasteiger partial charge in [-0.25, -0.2) is 14.0 Å². The summed E-state index contributed by atoms with van der Waals surface area (Å²) in [5.41, 5.74) is 2.36. The maximum Gasteiger partial charge on any atom is 0.411 e. The fourth-order valence-electron chi connectivity index (χ4n) is 3.66. The zero-order chi connectivity index (χ0) is 23.9. The summed E-state index contributed by atoms with van der Waals surface area (Å²) in [6.07, 6.45) is 9.77. The minimum absolute atomic E-state index is 0.0684. The van der Waals surface area contributed by atoms with E-state index in [4.69, 9.17) is 15.9 Å². The van der Waals surface area contributed by atoms with Crippen LogP contribution in [0.15, 0.2) is 42.5 Å². The molecule has 2 saturated carbocycles. The zero-order valence-corrected chi connectivity index (χ0v) is 18.9. The molecule has 0 aromatic heterocycles. The van der Waals surface area contributed by atoms with Crippen LogP contribution in [0.1, 0.15) is 44.1 Å². The van der Waals surface area contributed by atoms with Gasteiger partial charge in [0.15, 0.2) is 0 Å². The van der Waals surface area contributed by atoms with Crippen LogP contribution < -0.4 is 15.5 Å². The van der Waals surface area contributed by atoms with Crippen molar-refractivity contribution in [2.75, 3.05) is 22.1 Å². The molecule has 2 aliphatic carbocycles. The Morgan fingerprint density at radius 1 is 0.941 bits per heavy atom. The predicted molar refractivity (Wildman–Crippen MR) is 128 cm³/mol. The lowest BCUT2D eigenvalue weighted by atomic mass is 9.96. The Bertz CT molecular complexity index is 1060. The number of terminal acetylenes is 1. The number of hydrogen-bond acceptors (Lipinski definition) is 5. The monoisotopic (exact) mass is 465 g/mol. The molecule has 4 rings (SSSR count). The fourth-order valence-corrected chi connectivity index (χ4v) is 3.66. The first-order valence-corrected chi connectivity index (χ1v) is 11.5. The van der Waals surface area contributed by atoms with Crippen LogP contribution in [0.4, 0.5) is 31.0 Å². The van der Waals surface area contributed by atoms with Crippen LogP contribution in [0.25, 0.3) is 0 Å². The number of halogens is 1. The highest BCUT2D eigenvalue weighted by Gasteiger charge is 2.24. The van der Waals surface area contributed by atoms with E-state index in [9.17, 15) is 14.0 Å². The third kappa shape index (κ3) is 6.19. The summed E-state index contributed by atoms with van der Waals surface area (Å²) < 4.78 is 24.1. The minimum atomic E-state index is -0.584. The molecule has 0 atom stereocenters. The lowest BCUT2D eigenvalue weighted by Gasteiger charge is -2.27. The number of ether oxygens (including phenoxy) is 2. The average Bonchev–Trinajstić information content (AvgIpc) is 2.76. The van der Waals surface area contributed by atoms with Crippen molar-refractivity contribution in [1.82, 2.24) is 0 Å². The average molecular weight is 466 g/mol. The Kier molecular flexibility index (Phi) is 7.53. The lowest BCUT2D eigenvalue weighted by molar-refractivity contribution is 0.0614. The Morgan fingerprint density at radius 2 is 1.53 bits per heavy atom. The lowest BCUT2D eigenvalue weighted by Crippen LogP contribution is -2.29. The van der Waals surface area contributed by atoms with Gasteiger partial charge in [0.2, 0.25) is 0 Å². The molecule has 0 unspecified atom stereocenters. The molecule has 2 aromatic carbocycles. The smallest absolute Gasteiger partial charge is 0.411 e. The molecule has 2 aromatic rings. The molecule has 0 aliphatic heterocycles. The molecular weight excluding hydrogens is 437 g/mol. The Morgan fingerprint density at radius 3 is 2.06 bits per heavy atom. The number of hydrogen-bond donors (Lipinski definition) is 2. The Balaban J connectivity index is 1.54. The van der Waals surface area contributed by atoms with Gasteiger partial charge < -0.3 is 14.4 Å². The van der Waals surface area contributed by atoms with Gasteiger partial charge in [-0.2, -0.15) is 0 Å². The van der Waals surface area contributed by atoms with Crippen molar-refractivity contribution in [2.24, 2.45) is 0 Å². The fraction of sp³-hybridized carbons (Fsp3) is 0.385. The molecule has 0 saturated heterocycles. The third-order valence-electron chi connectivity index (χ3n) is 6.06. The first-order valence-electron chi connectivity index (χ1n) is 11.5. The number of rotatable bonds is 8. The molecule has 34 heavy (non-hydrogen) atoms. The van der Waals surface area contributed by atoms with Crippen LogP contribution in [0.3, 0.4) is 0 Å². The molecular formula is C26H28FN3O4. The van der Waals surface area contributed by atoms with E-state index < -0.39 is 12.2 Å². The molecule has 2 amide bonds. The van der Waals surface area contributed by atoms with Gasteiger partial charge in [-0.1, -0.05) is 18.1 Å². The predicted octanol–water partition coefficient (Wildman–Crippen LogP) is 5.67. The van der Waals surface area contributed by atoms with Gasteiger partial charge in [0.05, 0.1) is 17.9 Å². The summed E-state index contributed by atoms with van der Waals surface area (Å²) in [5, 5.41) is 5.46. The first-order chi connectivity index (χ1) is 16.5. The molecule has 7 nitrogen and oxygen atoms in total. The third-order valence-corrected chi connectivity index (χ3v) is 6.06. The van der Waals surface area contributed by atoms with E-state index >= 15 is 0 Å². The summed E-state index contributed by atoms with van der Waals surface area (Å²) in [4.78, 5) is 26.7. The number of nitrogens with zero attached hydrogens (tertiary/aromatic N) is 1. The van der Waals surface area contributed by atoms with Crippen LogP contribution in [0, 0.1) is 18.2 Å². The van der Waals surface area contributed by atoms with Gasteiger partial charge in [-0.3, -0.25) is 10.6 Å². The molecule has 0 bridgehead atoms. The number of carbonyl (C=O) groups excluding carboxylic acids is 2. The van der Waals surface area contributed by atoms with E-state index in [0.29, 0.717) is 24.5 Å². The van der Waals surface area contributed by atoms with Crippen LogP contribution in [0.2, 0.25) is 0 Å². The number of amides is 2. The van der Waals surface area contributed by atoms with Gasteiger partial charge in [0, 0.05) is 12.2 Å². The second kappa shape index (κ2) is 10.9. The van der Waals surface area contributed by atoms with Gasteiger partial charge in [-0.15, -0.1) is 6.42 Å². The molecule has 8 heteroatoms. The summed E-state index contributed by atoms with van der Waals surface area (Å²) >= 11 is 0. The van der Waals surface area contributed by atoms with Gasteiger partial charge in [-0.05, 0) is 74.4 Å².